The summed E-state index contributed by atoms with van der Waals surface area (Å²) >= 11 is 7.44. The van der Waals surface area contributed by atoms with Crippen molar-refractivity contribution < 1.29 is 9.53 Å². The average Bonchev–Trinajstić information content (AvgIpc) is 3.07. The number of hydrogen-bond acceptors (Lipinski definition) is 5. The molecular weight excluding hydrogens is 370 g/mol. The lowest BCUT2D eigenvalue weighted by molar-refractivity contribution is 0.102. The Bertz CT molecular complexity index is 956. The fourth-order valence-corrected chi connectivity index (χ4v) is 3.22. The molecule has 134 valence electrons. The Morgan fingerprint density at radius 3 is 2.73 bits per heavy atom. The first kappa shape index (κ1) is 18.2. The van der Waals surface area contributed by atoms with Crippen molar-refractivity contribution in [3.63, 3.8) is 0 Å². The maximum atomic E-state index is 12.4. The Morgan fingerprint density at radius 1 is 1.19 bits per heavy atom. The smallest absolute Gasteiger partial charge is 0.275 e. The third-order valence-corrected chi connectivity index (χ3v) is 4.93. The number of carbonyl (C=O) groups excluding carboxylic acids is 1. The highest BCUT2D eigenvalue weighted by molar-refractivity contribution is 7.14. The number of anilines is 3. The number of rotatable bonds is 5. The molecule has 0 fully saturated rings. The minimum absolute atomic E-state index is 0.287. The zero-order chi connectivity index (χ0) is 18.7. The largest absolute Gasteiger partial charge is 0.495 e. The van der Waals surface area contributed by atoms with Crippen LogP contribution in [0, 0.1) is 13.8 Å². The van der Waals surface area contributed by atoms with Crippen LogP contribution in [-0.4, -0.2) is 18.0 Å². The van der Waals surface area contributed by atoms with E-state index in [1.54, 1.807) is 18.6 Å². The van der Waals surface area contributed by atoms with Gasteiger partial charge in [-0.2, -0.15) is 0 Å². The first-order chi connectivity index (χ1) is 12.5. The van der Waals surface area contributed by atoms with Gasteiger partial charge in [-0.25, -0.2) is 4.98 Å². The van der Waals surface area contributed by atoms with E-state index in [2.05, 4.69) is 15.6 Å². The van der Waals surface area contributed by atoms with Crippen molar-refractivity contribution in [3.05, 3.63) is 63.6 Å². The van der Waals surface area contributed by atoms with Crippen LogP contribution in [0.3, 0.4) is 0 Å². The minimum atomic E-state index is -0.287. The molecule has 0 aliphatic carbocycles. The Balaban J connectivity index is 1.74. The SMILES string of the molecule is COc1ccc(C)cc1Nc1nc(C(=O)Nc2ccc(C)c(Cl)c2)cs1. The van der Waals surface area contributed by atoms with Gasteiger partial charge in [0.1, 0.15) is 11.4 Å². The van der Waals surface area contributed by atoms with Gasteiger partial charge in [0.05, 0.1) is 12.8 Å². The molecule has 0 bridgehead atoms. The molecule has 1 heterocycles. The van der Waals surface area contributed by atoms with Crippen molar-refractivity contribution in [1.82, 2.24) is 4.98 Å². The quantitative estimate of drug-likeness (QED) is 0.613. The second-order valence-corrected chi connectivity index (χ2v) is 7.05. The van der Waals surface area contributed by atoms with E-state index in [0.29, 0.717) is 27.3 Å². The molecular formula is C19H18ClN3O2S. The Morgan fingerprint density at radius 2 is 2.00 bits per heavy atom. The number of thiazole rings is 1. The zero-order valence-corrected chi connectivity index (χ0v) is 16.2. The van der Waals surface area contributed by atoms with Crippen molar-refractivity contribution in [3.8, 4) is 5.75 Å². The van der Waals surface area contributed by atoms with Crippen LogP contribution in [0.25, 0.3) is 0 Å². The number of nitrogens with one attached hydrogen (secondary N) is 2. The molecule has 3 rings (SSSR count). The Kier molecular flexibility index (Phi) is 5.44. The molecule has 1 amide bonds. The number of nitrogens with zero attached hydrogens (tertiary/aromatic N) is 1. The molecule has 2 aromatic carbocycles. The molecule has 0 atom stereocenters. The van der Waals surface area contributed by atoms with Gasteiger partial charge in [-0.3, -0.25) is 4.79 Å². The van der Waals surface area contributed by atoms with E-state index in [0.717, 1.165) is 16.8 Å². The number of aryl methyl sites for hydroxylation is 2. The van der Waals surface area contributed by atoms with E-state index in [1.807, 2.05) is 44.2 Å². The summed E-state index contributed by atoms with van der Waals surface area (Å²) in [4.78, 5) is 16.7. The predicted molar refractivity (Wildman–Crippen MR) is 107 cm³/mol. The molecule has 0 spiro atoms. The molecule has 3 aromatic rings. The molecule has 0 radical (unpaired) electrons. The van der Waals surface area contributed by atoms with Crippen molar-refractivity contribution in [1.29, 1.82) is 0 Å². The second-order valence-electron chi connectivity index (χ2n) is 5.78. The minimum Gasteiger partial charge on any atom is -0.495 e. The standard InChI is InChI=1S/C19H18ClN3O2S/c1-11-4-7-17(25-3)15(8-11)22-19-23-16(10-26-19)18(24)21-13-6-5-12(2)14(20)9-13/h4-10H,1-3H3,(H,21,24)(H,22,23). The summed E-state index contributed by atoms with van der Waals surface area (Å²) in [6, 6.07) is 11.2. The van der Waals surface area contributed by atoms with Gasteiger partial charge < -0.3 is 15.4 Å². The van der Waals surface area contributed by atoms with E-state index < -0.39 is 0 Å². The fourth-order valence-electron chi connectivity index (χ4n) is 2.34. The molecule has 2 N–H and O–H groups in total. The lowest BCUT2D eigenvalue weighted by Crippen LogP contribution is -2.12. The van der Waals surface area contributed by atoms with Gasteiger partial charge in [0.2, 0.25) is 0 Å². The number of amides is 1. The summed E-state index contributed by atoms with van der Waals surface area (Å²) < 4.78 is 5.35. The van der Waals surface area contributed by atoms with Crippen LogP contribution < -0.4 is 15.4 Å². The van der Waals surface area contributed by atoms with Crippen LogP contribution in [0.15, 0.2) is 41.8 Å². The third-order valence-electron chi connectivity index (χ3n) is 3.76. The number of methoxy groups -OCH3 is 1. The van der Waals surface area contributed by atoms with Crippen LogP contribution in [0.1, 0.15) is 21.6 Å². The van der Waals surface area contributed by atoms with Gasteiger partial charge >= 0.3 is 0 Å². The first-order valence-corrected chi connectivity index (χ1v) is 9.16. The van der Waals surface area contributed by atoms with Crippen molar-refractivity contribution in [2.45, 2.75) is 13.8 Å². The molecule has 5 nitrogen and oxygen atoms in total. The molecule has 26 heavy (non-hydrogen) atoms. The number of benzene rings is 2. The van der Waals surface area contributed by atoms with Crippen LogP contribution in [-0.2, 0) is 0 Å². The number of aromatic nitrogens is 1. The van der Waals surface area contributed by atoms with Gasteiger partial charge in [0.15, 0.2) is 5.13 Å². The van der Waals surface area contributed by atoms with E-state index in [4.69, 9.17) is 16.3 Å². The van der Waals surface area contributed by atoms with Crippen molar-refractivity contribution in [2.24, 2.45) is 0 Å². The van der Waals surface area contributed by atoms with E-state index in [9.17, 15) is 4.79 Å². The summed E-state index contributed by atoms with van der Waals surface area (Å²) in [5.41, 5.74) is 3.82. The Hall–Kier alpha value is -2.57. The van der Waals surface area contributed by atoms with Crippen molar-refractivity contribution >= 4 is 45.4 Å². The van der Waals surface area contributed by atoms with Gasteiger partial charge in [0, 0.05) is 16.1 Å². The van der Waals surface area contributed by atoms with Crippen LogP contribution in [0.5, 0.6) is 5.75 Å². The van der Waals surface area contributed by atoms with E-state index in [1.165, 1.54) is 11.3 Å². The maximum Gasteiger partial charge on any atom is 0.275 e. The lowest BCUT2D eigenvalue weighted by atomic mass is 10.2. The zero-order valence-electron chi connectivity index (χ0n) is 14.6. The monoisotopic (exact) mass is 387 g/mol. The van der Waals surface area contributed by atoms with Gasteiger partial charge in [-0.05, 0) is 49.2 Å². The first-order valence-electron chi connectivity index (χ1n) is 7.91. The number of carbonyl (C=O) groups is 1. The molecule has 0 aliphatic rings. The maximum absolute atomic E-state index is 12.4. The highest BCUT2D eigenvalue weighted by Crippen LogP contribution is 2.30. The van der Waals surface area contributed by atoms with Crippen LogP contribution in [0.4, 0.5) is 16.5 Å². The summed E-state index contributed by atoms with van der Waals surface area (Å²) in [5, 5.41) is 8.93. The summed E-state index contributed by atoms with van der Waals surface area (Å²) in [6.07, 6.45) is 0. The molecule has 0 saturated heterocycles. The lowest BCUT2D eigenvalue weighted by Gasteiger charge is -2.09. The second kappa shape index (κ2) is 7.76. The van der Waals surface area contributed by atoms with Crippen LogP contribution >= 0.6 is 22.9 Å². The normalized spacial score (nSPS) is 10.5. The molecule has 0 unspecified atom stereocenters. The Labute approximate surface area is 161 Å². The summed E-state index contributed by atoms with van der Waals surface area (Å²) in [5.74, 6) is 0.427. The average molecular weight is 388 g/mol. The molecule has 0 saturated carbocycles. The number of hydrogen-bond donors (Lipinski definition) is 2. The highest BCUT2D eigenvalue weighted by Gasteiger charge is 2.13. The molecule has 0 aliphatic heterocycles. The van der Waals surface area contributed by atoms with Gasteiger partial charge in [-0.1, -0.05) is 23.7 Å². The van der Waals surface area contributed by atoms with E-state index >= 15 is 0 Å². The predicted octanol–water partition coefficient (Wildman–Crippen LogP) is 5.42. The molecule has 1 aromatic heterocycles. The number of ether oxygens (including phenoxy) is 1. The number of halogens is 1. The van der Waals surface area contributed by atoms with Gasteiger partial charge in [0.25, 0.3) is 5.91 Å². The summed E-state index contributed by atoms with van der Waals surface area (Å²) in [7, 11) is 1.61. The highest BCUT2D eigenvalue weighted by atomic mass is 35.5. The topological polar surface area (TPSA) is 63.2 Å². The van der Waals surface area contributed by atoms with Gasteiger partial charge in [-0.15, -0.1) is 11.3 Å². The van der Waals surface area contributed by atoms with Crippen LogP contribution in [0.2, 0.25) is 5.02 Å². The summed E-state index contributed by atoms with van der Waals surface area (Å²) in [6.45, 7) is 3.91. The molecule has 7 heteroatoms. The van der Waals surface area contributed by atoms with Crippen molar-refractivity contribution in [2.75, 3.05) is 17.7 Å². The third kappa shape index (κ3) is 4.15. The van der Waals surface area contributed by atoms with E-state index in [-0.39, 0.29) is 5.91 Å². The fraction of sp³-hybridized carbons (Fsp3) is 0.158.